The summed E-state index contributed by atoms with van der Waals surface area (Å²) in [6, 6.07) is 0. The van der Waals surface area contributed by atoms with Crippen LogP contribution in [0.3, 0.4) is 0 Å². The molecule has 0 aliphatic heterocycles. The second-order valence-electron chi connectivity index (χ2n) is 4.37. The molecule has 1 rings (SSSR count). The molecule has 0 aliphatic rings. The second kappa shape index (κ2) is 4.83. The van der Waals surface area contributed by atoms with Gasteiger partial charge in [0.1, 0.15) is 6.20 Å². The zero-order valence-electron chi connectivity index (χ0n) is 9.34. The van der Waals surface area contributed by atoms with Crippen molar-refractivity contribution in [2.24, 2.45) is 5.92 Å². The number of halogens is 1. The summed E-state index contributed by atoms with van der Waals surface area (Å²) in [6.45, 7) is 9.62. The van der Waals surface area contributed by atoms with Crippen LogP contribution in [-0.4, -0.2) is 9.78 Å². The van der Waals surface area contributed by atoms with E-state index in [1.807, 2.05) is 4.68 Å². The van der Waals surface area contributed by atoms with Crippen LogP contribution in [0.2, 0.25) is 5.02 Å². The maximum Gasteiger partial charge on any atom is 0.133 e. The average Bonchev–Trinajstić information content (AvgIpc) is 2.43. The minimum absolute atomic E-state index is 0.411. The van der Waals surface area contributed by atoms with Gasteiger partial charge in [0, 0.05) is 6.54 Å². The first-order valence-electron chi connectivity index (χ1n) is 5.16. The van der Waals surface area contributed by atoms with Gasteiger partial charge in [0.15, 0.2) is 0 Å². The fourth-order valence-corrected chi connectivity index (χ4v) is 1.78. The van der Waals surface area contributed by atoms with E-state index in [1.54, 1.807) is 0 Å². The van der Waals surface area contributed by atoms with Crippen LogP contribution in [0.1, 0.15) is 45.7 Å². The fraction of sp³-hybridized carbons (Fsp3) is 0.727. The lowest BCUT2D eigenvalue weighted by Crippen LogP contribution is -2.08. The molecule has 2 nitrogen and oxygen atoms in total. The molecule has 79 valence electrons. The van der Waals surface area contributed by atoms with Gasteiger partial charge in [-0.3, -0.25) is 4.68 Å². The molecule has 1 aromatic rings. The Morgan fingerprint density at radius 2 is 2.00 bits per heavy atom. The third kappa shape index (κ3) is 2.74. The van der Waals surface area contributed by atoms with Gasteiger partial charge in [0.05, 0.1) is 10.7 Å². The van der Waals surface area contributed by atoms with Gasteiger partial charge >= 0.3 is 0 Å². The molecule has 1 aromatic heterocycles. The Morgan fingerprint density at radius 1 is 1.36 bits per heavy atom. The third-order valence-electron chi connectivity index (χ3n) is 2.24. The highest BCUT2D eigenvalue weighted by Gasteiger charge is 2.12. The van der Waals surface area contributed by atoms with Gasteiger partial charge in [-0.2, -0.15) is 5.10 Å². The lowest BCUT2D eigenvalue weighted by atomic mass is 10.1. The highest BCUT2D eigenvalue weighted by atomic mass is 35.5. The Hall–Kier alpha value is -0.500. The van der Waals surface area contributed by atoms with Gasteiger partial charge in [-0.25, -0.2) is 0 Å². The van der Waals surface area contributed by atoms with Crippen molar-refractivity contribution in [3.8, 4) is 0 Å². The lowest BCUT2D eigenvalue weighted by Gasteiger charge is -2.11. The minimum Gasteiger partial charge on any atom is -0.267 e. The lowest BCUT2D eigenvalue weighted by molar-refractivity contribution is 0.469. The van der Waals surface area contributed by atoms with E-state index in [0.717, 1.165) is 18.7 Å². The van der Waals surface area contributed by atoms with Crippen LogP contribution in [0.15, 0.2) is 0 Å². The van der Waals surface area contributed by atoms with E-state index in [4.69, 9.17) is 11.6 Å². The van der Waals surface area contributed by atoms with Gasteiger partial charge in [0.2, 0.25) is 0 Å². The summed E-state index contributed by atoms with van der Waals surface area (Å²) in [5.74, 6) is 1.10. The number of nitrogens with zero attached hydrogens (tertiary/aromatic N) is 2. The van der Waals surface area contributed by atoms with Gasteiger partial charge in [-0.15, -0.1) is 0 Å². The Bertz CT molecular complexity index is 289. The van der Waals surface area contributed by atoms with Crippen LogP contribution < -0.4 is 0 Å². The van der Waals surface area contributed by atoms with Crippen LogP contribution in [0.4, 0.5) is 0 Å². The van der Waals surface area contributed by atoms with E-state index < -0.39 is 0 Å². The van der Waals surface area contributed by atoms with E-state index in [0.29, 0.717) is 16.9 Å². The van der Waals surface area contributed by atoms with Crippen LogP contribution in [0.5, 0.6) is 0 Å². The van der Waals surface area contributed by atoms with Gasteiger partial charge < -0.3 is 0 Å². The normalized spacial score (nSPS) is 11.6. The molecule has 0 aliphatic carbocycles. The van der Waals surface area contributed by atoms with E-state index in [1.165, 1.54) is 0 Å². The fourth-order valence-electron chi connectivity index (χ4n) is 1.43. The minimum atomic E-state index is 0.411. The Kier molecular flexibility index (Phi) is 3.99. The van der Waals surface area contributed by atoms with Gasteiger partial charge in [-0.05, 0) is 18.3 Å². The maximum absolute atomic E-state index is 6.02. The first kappa shape index (κ1) is 11.6. The summed E-state index contributed by atoms with van der Waals surface area (Å²) in [5, 5.41) is 4.84. The third-order valence-corrected chi connectivity index (χ3v) is 2.52. The monoisotopic (exact) mass is 213 g/mol. The molecule has 3 heteroatoms. The van der Waals surface area contributed by atoms with Crippen molar-refractivity contribution in [3.05, 3.63) is 16.9 Å². The quantitative estimate of drug-likeness (QED) is 0.749. The average molecular weight is 214 g/mol. The molecule has 14 heavy (non-hydrogen) atoms. The molecule has 1 radical (unpaired) electrons. The predicted molar refractivity (Wildman–Crippen MR) is 59.6 cm³/mol. The largest absolute Gasteiger partial charge is 0.267 e. The zero-order valence-corrected chi connectivity index (χ0v) is 10.1. The molecule has 1 heterocycles. The van der Waals surface area contributed by atoms with Crippen LogP contribution >= 0.6 is 11.6 Å². The number of hydrogen-bond donors (Lipinski definition) is 0. The van der Waals surface area contributed by atoms with Crippen molar-refractivity contribution in [1.29, 1.82) is 0 Å². The van der Waals surface area contributed by atoms with Crippen molar-refractivity contribution in [2.45, 2.75) is 46.6 Å². The van der Waals surface area contributed by atoms with Gasteiger partial charge in [-0.1, -0.05) is 39.3 Å². The molecule has 0 amide bonds. The SMILES string of the molecule is CC(C)CCn1n[c]c(Cl)c1C(C)C. The first-order valence-corrected chi connectivity index (χ1v) is 5.54. The first-order chi connectivity index (χ1) is 6.52. The summed E-state index contributed by atoms with van der Waals surface area (Å²) >= 11 is 6.02. The highest BCUT2D eigenvalue weighted by Crippen LogP contribution is 2.23. The predicted octanol–water partition coefficient (Wildman–Crippen LogP) is 3.51. The Morgan fingerprint density at radius 3 is 2.50 bits per heavy atom. The van der Waals surface area contributed by atoms with Crippen molar-refractivity contribution in [3.63, 3.8) is 0 Å². The van der Waals surface area contributed by atoms with Gasteiger partial charge in [0.25, 0.3) is 0 Å². The molecule has 0 saturated carbocycles. The van der Waals surface area contributed by atoms with E-state index in [2.05, 4.69) is 39.0 Å². The molecular weight excluding hydrogens is 196 g/mol. The molecule has 0 aromatic carbocycles. The maximum atomic E-state index is 6.02. The van der Waals surface area contributed by atoms with Crippen molar-refractivity contribution < 1.29 is 0 Å². The van der Waals surface area contributed by atoms with Crippen molar-refractivity contribution >= 4 is 11.6 Å². The molecule has 0 spiro atoms. The van der Waals surface area contributed by atoms with Crippen LogP contribution in [0, 0.1) is 12.1 Å². The molecule has 0 unspecified atom stereocenters. The summed E-state index contributed by atoms with van der Waals surface area (Å²) in [7, 11) is 0. The Labute approximate surface area is 91.3 Å². The number of rotatable bonds is 4. The summed E-state index contributed by atoms with van der Waals surface area (Å²) < 4.78 is 1.98. The summed E-state index contributed by atoms with van der Waals surface area (Å²) in [6.07, 6.45) is 3.95. The summed E-state index contributed by atoms with van der Waals surface area (Å²) in [5.41, 5.74) is 1.10. The number of aryl methyl sites for hydroxylation is 1. The number of hydrogen-bond acceptors (Lipinski definition) is 1. The van der Waals surface area contributed by atoms with E-state index in [-0.39, 0.29) is 0 Å². The zero-order chi connectivity index (χ0) is 10.7. The molecule has 0 bridgehead atoms. The molecule has 0 saturated heterocycles. The van der Waals surface area contributed by atoms with E-state index >= 15 is 0 Å². The second-order valence-corrected chi connectivity index (χ2v) is 4.75. The van der Waals surface area contributed by atoms with Crippen molar-refractivity contribution in [2.75, 3.05) is 0 Å². The van der Waals surface area contributed by atoms with Crippen LogP contribution in [0.25, 0.3) is 0 Å². The smallest absolute Gasteiger partial charge is 0.133 e. The van der Waals surface area contributed by atoms with Crippen LogP contribution in [-0.2, 0) is 6.54 Å². The molecule has 0 atom stereocenters. The summed E-state index contributed by atoms with van der Waals surface area (Å²) in [4.78, 5) is 0. The number of aromatic nitrogens is 2. The topological polar surface area (TPSA) is 17.8 Å². The molecule has 0 fully saturated rings. The van der Waals surface area contributed by atoms with E-state index in [9.17, 15) is 0 Å². The Balaban J connectivity index is 2.76. The highest BCUT2D eigenvalue weighted by molar-refractivity contribution is 6.31. The molecule has 0 N–H and O–H groups in total. The molecular formula is C11H18ClN2. The van der Waals surface area contributed by atoms with Crippen molar-refractivity contribution in [1.82, 2.24) is 9.78 Å². The standard InChI is InChI=1S/C11H18ClN2/c1-8(2)5-6-14-11(9(3)4)10(12)7-13-14/h8-9H,5-6H2,1-4H3.